The van der Waals surface area contributed by atoms with Crippen LogP contribution in [0.4, 0.5) is 5.69 Å². The lowest BCUT2D eigenvalue weighted by Crippen LogP contribution is -2.48. The molecule has 0 unspecified atom stereocenters. The number of esters is 1. The number of carbonyl (C=O) groups excluding carboxylic acids is 3. The van der Waals surface area contributed by atoms with E-state index in [1.54, 1.807) is 48.5 Å². The van der Waals surface area contributed by atoms with Gasteiger partial charge in [-0.25, -0.2) is 9.59 Å². The zero-order valence-corrected chi connectivity index (χ0v) is 23.7. The molecule has 1 fully saturated rings. The first-order valence-corrected chi connectivity index (χ1v) is 13.2. The number of carboxylic acids is 1. The number of anilines is 1. The molecular formula is C29H32Cl2N2O6. The number of methoxy groups -OCH3 is 1. The highest BCUT2D eigenvalue weighted by atomic mass is 35.5. The summed E-state index contributed by atoms with van der Waals surface area (Å²) in [5.41, 5.74) is 0.360. The molecule has 0 aromatic heterocycles. The van der Waals surface area contributed by atoms with Gasteiger partial charge in [-0.2, -0.15) is 0 Å². The Balaban J connectivity index is 1.70. The molecule has 0 aliphatic heterocycles. The van der Waals surface area contributed by atoms with Gasteiger partial charge >= 0.3 is 11.9 Å². The van der Waals surface area contributed by atoms with E-state index in [9.17, 15) is 19.2 Å². The number of amides is 2. The van der Waals surface area contributed by atoms with Gasteiger partial charge in [0, 0.05) is 24.1 Å². The SMILES string of the molecule is COC(=O)[C@H](Cc1ccc(NC(=O)c2c(Cl)cccc2Cl)cc1)NC(=O)[C@@H]1CC[C@@](C)(/C=C/C(=O)O)C1(C)C. The number of hydrogen-bond acceptors (Lipinski definition) is 5. The van der Waals surface area contributed by atoms with Gasteiger partial charge in [0.1, 0.15) is 6.04 Å². The van der Waals surface area contributed by atoms with E-state index in [4.69, 9.17) is 33.0 Å². The molecule has 2 aromatic rings. The number of allylic oxidation sites excluding steroid dienone is 1. The maximum Gasteiger partial charge on any atom is 0.328 e. The summed E-state index contributed by atoms with van der Waals surface area (Å²) in [4.78, 5) is 49.6. The van der Waals surface area contributed by atoms with E-state index >= 15 is 0 Å². The largest absolute Gasteiger partial charge is 0.478 e. The number of carbonyl (C=O) groups is 4. The maximum absolute atomic E-state index is 13.3. The third kappa shape index (κ3) is 6.81. The summed E-state index contributed by atoms with van der Waals surface area (Å²) in [5, 5.41) is 15.1. The predicted octanol–water partition coefficient (Wildman–Crippen LogP) is 5.53. The van der Waals surface area contributed by atoms with Crippen molar-refractivity contribution in [3.05, 3.63) is 75.8 Å². The highest BCUT2D eigenvalue weighted by Crippen LogP contribution is 2.56. The van der Waals surface area contributed by atoms with Crippen molar-refractivity contribution in [3.8, 4) is 0 Å². The topological polar surface area (TPSA) is 122 Å². The van der Waals surface area contributed by atoms with Crippen LogP contribution in [0.5, 0.6) is 0 Å². The Labute approximate surface area is 237 Å². The molecule has 1 saturated carbocycles. The van der Waals surface area contributed by atoms with Gasteiger partial charge in [-0.1, -0.05) is 68.2 Å². The lowest BCUT2D eigenvalue weighted by Gasteiger charge is -2.39. The Morgan fingerprint density at radius 1 is 1.08 bits per heavy atom. The monoisotopic (exact) mass is 574 g/mol. The highest BCUT2D eigenvalue weighted by molar-refractivity contribution is 6.40. The van der Waals surface area contributed by atoms with Crippen LogP contribution in [0.25, 0.3) is 0 Å². The lowest BCUT2D eigenvalue weighted by atomic mass is 9.65. The molecule has 0 bridgehead atoms. The fourth-order valence-corrected chi connectivity index (χ4v) is 5.58. The smallest absolute Gasteiger partial charge is 0.328 e. The number of nitrogens with one attached hydrogen (secondary N) is 2. The van der Waals surface area contributed by atoms with E-state index in [1.165, 1.54) is 7.11 Å². The molecule has 0 saturated heterocycles. The second-order valence-corrected chi connectivity index (χ2v) is 11.3. The van der Waals surface area contributed by atoms with Crippen molar-refractivity contribution in [2.24, 2.45) is 16.7 Å². The van der Waals surface area contributed by atoms with Crippen molar-refractivity contribution in [2.75, 3.05) is 12.4 Å². The van der Waals surface area contributed by atoms with E-state index in [2.05, 4.69) is 10.6 Å². The summed E-state index contributed by atoms with van der Waals surface area (Å²) in [6.07, 6.45) is 4.13. The number of aliphatic carboxylic acids is 1. The average Bonchev–Trinajstić information content (AvgIpc) is 3.11. The number of carboxylic acid groups (broad SMARTS) is 1. The van der Waals surface area contributed by atoms with Gasteiger partial charge in [0.2, 0.25) is 5.91 Å². The molecule has 3 atom stereocenters. The molecule has 1 aliphatic carbocycles. The summed E-state index contributed by atoms with van der Waals surface area (Å²) in [5.74, 6) is -2.80. The molecule has 39 heavy (non-hydrogen) atoms. The van der Waals surface area contributed by atoms with Gasteiger partial charge in [0.25, 0.3) is 5.91 Å². The quantitative estimate of drug-likeness (QED) is 0.267. The third-order valence-corrected chi connectivity index (χ3v) is 8.48. The molecule has 0 heterocycles. The van der Waals surface area contributed by atoms with Crippen LogP contribution in [0.2, 0.25) is 10.0 Å². The number of rotatable bonds is 9. The first kappa shape index (κ1) is 30.2. The van der Waals surface area contributed by atoms with Crippen molar-refractivity contribution < 1.29 is 29.0 Å². The third-order valence-electron chi connectivity index (χ3n) is 7.85. The number of ether oxygens (including phenoxy) is 1. The fourth-order valence-electron chi connectivity index (χ4n) is 5.01. The Hall–Kier alpha value is -3.36. The Morgan fingerprint density at radius 3 is 2.26 bits per heavy atom. The van der Waals surface area contributed by atoms with Gasteiger partial charge < -0.3 is 20.5 Å². The van der Waals surface area contributed by atoms with E-state index in [-0.39, 0.29) is 27.9 Å². The molecule has 8 nitrogen and oxygen atoms in total. The summed E-state index contributed by atoms with van der Waals surface area (Å²) in [7, 11) is 1.26. The van der Waals surface area contributed by atoms with Crippen LogP contribution in [0, 0.1) is 16.7 Å². The van der Waals surface area contributed by atoms with Gasteiger partial charge in [-0.3, -0.25) is 9.59 Å². The second-order valence-electron chi connectivity index (χ2n) is 10.4. The predicted molar refractivity (Wildman–Crippen MR) is 150 cm³/mol. The van der Waals surface area contributed by atoms with Crippen LogP contribution < -0.4 is 10.6 Å². The van der Waals surface area contributed by atoms with Crippen molar-refractivity contribution in [1.29, 1.82) is 0 Å². The van der Waals surface area contributed by atoms with Crippen LogP contribution in [-0.2, 0) is 25.5 Å². The molecule has 0 spiro atoms. The highest BCUT2D eigenvalue weighted by Gasteiger charge is 2.53. The number of halogens is 2. The normalized spacial score (nSPS) is 20.8. The van der Waals surface area contributed by atoms with Gasteiger partial charge in [0.05, 0.1) is 22.7 Å². The van der Waals surface area contributed by atoms with E-state index < -0.39 is 40.6 Å². The van der Waals surface area contributed by atoms with Gasteiger partial charge in [-0.15, -0.1) is 0 Å². The molecule has 208 valence electrons. The standard InChI is InChI=1S/C29H32Cl2N2O6/c1-28(2)19(12-14-29(28,3)15-13-23(34)35)25(36)33-22(27(38)39-4)16-17-8-10-18(11-9-17)32-26(37)24-20(30)6-5-7-21(24)31/h5-11,13,15,19,22H,12,14,16H2,1-4H3,(H,32,37)(H,33,36)(H,34,35)/b15-13+/t19-,22-,29-/m0/s1. The van der Waals surface area contributed by atoms with Crippen molar-refractivity contribution in [2.45, 2.75) is 46.1 Å². The number of benzene rings is 2. The van der Waals surface area contributed by atoms with Gasteiger partial charge in [0.15, 0.2) is 0 Å². The minimum atomic E-state index is -1.04. The van der Waals surface area contributed by atoms with Crippen LogP contribution in [0.1, 0.15) is 49.5 Å². The van der Waals surface area contributed by atoms with Crippen molar-refractivity contribution >= 4 is 52.6 Å². The zero-order valence-electron chi connectivity index (χ0n) is 22.2. The first-order chi connectivity index (χ1) is 18.3. The molecule has 10 heteroatoms. The molecule has 1 aliphatic rings. The van der Waals surface area contributed by atoms with E-state index in [1.807, 2.05) is 20.8 Å². The molecule has 2 amide bonds. The summed E-state index contributed by atoms with van der Waals surface area (Å²) in [6.45, 7) is 5.82. The van der Waals surface area contributed by atoms with Crippen LogP contribution >= 0.6 is 23.2 Å². The summed E-state index contributed by atoms with van der Waals surface area (Å²) in [6, 6.07) is 10.7. The van der Waals surface area contributed by atoms with E-state index in [0.717, 1.165) is 11.6 Å². The Kier molecular flexibility index (Phi) is 9.46. The summed E-state index contributed by atoms with van der Waals surface area (Å²) >= 11 is 12.2. The van der Waals surface area contributed by atoms with Crippen LogP contribution in [0.15, 0.2) is 54.6 Å². The molecule has 3 N–H and O–H groups in total. The summed E-state index contributed by atoms with van der Waals surface area (Å²) < 4.78 is 4.94. The van der Waals surface area contributed by atoms with Crippen molar-refractivity contribution in [3.63, 3.8) is 0 Å². The first-order valence-electron chi connectivity index (χ1n) is 12.4. The van der Waals surface area contributed by atoms with Gasteiger partial charge in [-0.05, 0) is 53.5 Å². The molecular weight excluding hydrogens is 543 g/mol. The molecule has 0 radical (unpaired) electrons. The van der Waals surface area contributed by atoms with Crippen molar-refractivity contribution in [1.82, 2.24) is 5.32 Å². The molecule has 3 rings (SSSR count). The maximum atomic E-state index is 13.3. The average molecular weight is 575 g/mol. The fraction of sp³-hybridized carbons (Fsp3) is 0.379. The Morgan fingerprint density at radius 2 is 1.69 bits per heavy atom. The van der Waals surface area contributed by atoms with Crippen LogP contribution in [-0.4, -0.2) is 42.0 Å². The minimum absolute atomic E-state index is 0.169. The lowest BCUT2D eigenvalue weighted by molar-refractivity contribution is -0.146. The number of hydrogen-bond donors (Lipinski definition) is 3. The minimum Gasteiger partial charge on any atom is -0.478 e. The Bertz CT molecular complexity index is 1270. The zero-order chi connectivity index (χ0) is 29.0. The van der Waals surface area contributed by atoms with E-state index in [0.29, 0.717) is 18.5 Å². The molecule has 2 aromatic carbocycles. The van der Waals surface area contributed by atoms with Crippen LogP contribution in [0.3, 0.4) is 0 Å². The second kappa shape index (κ2) is 12.2.